The first-order valence-electron chi connectivity index (χ1n) is 7.33. The Bertz CT molecular complexity index is 573. The first kappa shape index (κ1) is 15.5. The maximum atomic E-state index is 12.3. The minimum atomic E-state index is -0.432. The second-order valence-corrected chi connectivity index (χ2v) is 6.94. The van der Waals surface area contributed by atoms with Gasteiger partial charge < -0.3 is 10.2 Å². The number of hydrogen-bond acceptors (Lipinski definition) is 2. The average Bonchev–Trinajstić information content (AvgIpc) is 2.36. The van der Waals surface area contributed by atoms with Gasteiger partial charge in [0.25, 0.3) is 0 Å². The van der Waals surface area contributed by atoms with E-state index in [2.05, 4.69) is 23.5 Å². The van der Waals surface area contributed by atoms with Crippen LogP contribution >= 0.6 is 0 Å². The molecule has 0 saturated carbocycles. The molecule has 1 aromatic rings. The Hall–Kier alpha value is -1.84. The first-order valence-corrected chi connectivity index (χ1v) is 7.33. The molecule has 1 heterocycles. The second-order valence-electron chi connectivity index (χ2n) is 6.94. The molecule has 4 nitrogen and oxygen atoms in total. The van der Waals surface area contributed by atoms with E-state index < -0.39 is 6.04 Å². The summed E-state index contributed by atoms with van der Waals surface area (Å²) in [4.78, 5) is 26.3. The molecular formula is C17H24N2O2. The van der Waals surface area contributed by atoms with Crippen molar-refractivity contribution < 1.29 is 9.59 Å². The van der Waals surface area contributed by atoms with Crippen molar-refractivity contribution in [3.05, 3.63) is 34.9 Å². The number of benzene rings is 1. The summed E-state index contributed by atoms with van der Waals surface area (Å²) >= 11 is 0. The van der Waals surface area contributed by atoms with E-state index in [-0.39, 0.29) is 23.8 Å². The lowest BCUT2D eigenvalue weighted by molar-refractivity contribution is -0.150. The van der Waals surface area contributed by atoms with Crippen molar-refractivity contribution in [3.63, 3.8) is 0 Å². The summed E-state index contributed by atoms with van der Waals surface area (Å²) < 4.78 is 0. The van der Waals surface area contributed by atoms with Crippen LogP contribution in [-0.4, -0.2) is 29.3 Å². The smallest absolute Gasteiger partial charge is 0.243 e. The highest BCUT2D eigenvalue weighted by molar-refractivity contribution is 5.95. The zero-order chi connectivity index (χ0) is 15.8. The van der Waals surface area contributed by atoms with Gasteiger partial charge >= 0.3 is 0 Å². The molecule has 0 radical (unpaired) electrons. The molecule has 1 N–H and O–H groups in total. The fraction of sp³-hybridized carbons (Fsp3) is 0.529. The van der Waals surface area contributed by atoms with Crippen LogP contribution in [0.3, 0.4) is 0 Å². The van der Waals surface area contributed by atoms with E-state index in [9.17, 15) is 9.59 Å². The van der Waals surface area contributed by atoms with E-state index in [0.29, 0.717) is 6.54 Å². The Balaban J connectivity index is 2.35. The van der Waals surface area contributed by atoms with Gasteiger partial charge in [-0.15, -0.1) is 0 Å². The number of aryl methyl sites for hydroxylation is 2. The van der Waals surface area contributed by atoms with E-state index in [1.54, 1.807) is 4.90 Å². The highest BCUT2D eigenvalue weighted by atomic mass is 16.2. The van der Waals surface area contributed by atoms with Gasteiger partial charge in [0.05, 0.1) is 6.54 Å². The number of hydrogen-bond donors (Lipinski definition) is 1. The van der Waals surface area contributed by atoms with Crippen molar-refractivity contribution in [2.24, 2.45) is 5.41 Å². The summed E-state index contributed by atoms with van der Waals surface area (Å²) in [6.07, 6.45) is 0. The molecule has 1 aliphatic rings. The van der Waals surface area contributed by atoms with E-state index >= 15 is 0 Å². The van der Waals surface area contributed by atoms with Gasteiger partial charge in [0.15, 0.2) is 0 Å². The van der Waals surface area contributed by atoms with E-state index in [0.717, 1.165) is 16.7 Å². The third kappa shape index (κ3) is 3.26. The molecule has 1 atom stereocenters. The van der Waals surface area contributed by atoms with E-state index in [1.165, 1.54) is 0 Å². The molecule has 0 aliphatic carbocycles. The van der Waals surface area contributed by atoms with Crippen molar-refractivity contribution in [3.8, 4) is 0 Å². The fourth-order valence-corrected chi connectivity index (χ4v) is 2.84. The SMILES string of the molecule is Cc1ccc(C)c(CN2C(=O)CNC(=O)C2C(C)(C)C)c1. The third-order valence-corrected chi connectivity index (χ3v) is 3.96. The molecule has 2 rings (SSSR count). The Morgan fingerprint density at radius 2 is 1.90 bits per heavy atom. The molecule has 2 amide bonds. The van der Waals surface area contributed by atoms with Crippen molar-refractivity contribution in [2.75, 3.05) is 6.54 Å². The molecule has 0 spiro atoms. The van der Waals surface area contributed by atoms with Crippen LogP contribution in [-0.2, 0) is 16.1 Å². The lowest BCUT2D eigenvalue weighted by Gasteiger charge is -2.42. The Labute approximate surface area is 126 Å². The van der Waals surface area contributed by atoms with Crippen molar-refractivity contribution >= 4 is 11.8 Å². The molecule has 0 aromatic heterocycles. The molecule has 21 heavy (non-hydrogen) atoms. The van der Waals surface area contributed by atoms with Gasteiger partial charge in [-0.25, -0.2) is 0 Å². The molecule has 0 bridgehead atoms. The quantitative estimate of drug-likeness (QED) is 0.907. The largest absolute Gasteiger partial charge is 0.345 e. The molecule has 1 saturated heterocycles. The third-order valence-electron chi connectivity index (χ3n) is 3.96. The maximum absolute atomic E-state index is 12.3. The van der Waals surface area contributed by atoms with Crippen LogP contribution in [0.1, 0.15) is 37.5 Å². The Morgan fingerprint density at radius 1 is 1.24 bits per heavy atom. The Kier molecular flexibility index (Phi) is 4.08. The van der Waals surface area contributed by atoms with Crippen LogP contribution in [0, 0.1) is 19.3 Å². The van der Waals surface area contributed by atoms with Gasteiger partial charge in [0, 0.05) is 6.54 Å². The van der Waals surface area contributed by atoms with Gasteiger partial charge in [-0.05, 0) is 30.4 Å². The molecular weight excluding hydrogens is 264 g/mol. The molecule has 1 aromatic carbocycles. The van der Waals surface area contributed by atoms with E-state index in [4.69, 9.17) is 0 Å². The van der Waals surface area contributed by atoms with Gasteiger partial charge in [-0.3, -0.25) is 9.59 Å². The molecule has 114 valence electrons. The summed E-state index contributed by atoms with van der Waals surface area (Å²) in [5.74, 6) is -0.0807. The molecule has 1 aliphatic heterocycles. The highest BCUT2D eigenvalue weighted by Crippen LogP contribution is 2.28. The van der Waals surface area contributed by atoms with Crippen LogP contribution in [0.15, 0.2) is 18.2 Å². The normalized spacial score (nSPS) is 19.7. The molecule has 4 heteroatoms. The minimum Gasteiger partial charge on any atom is -0.345 e. The monoisotopic (exact) mass is 288 g/mol. The second kappa shape index (κ2) is 5.51. The van der Waals surface area contributed by atoms with Crippen LogP contribution in [0.2, 0.25) is 0 Å². The highest BCUT2D eigenvalue weighted by Gasteiger charge is 2.42. The van der Waals surface area contributed by atoms with Gasteiger partial charge in [0.1, 0.15) is 6.04 Å². The van der Waals surface area contributed by atoms with E-state index in [1.807, 2.05) is 34.6 Å². The number of amides is 2. The van der Waals surface area contributed by atoms with Crippen LogP contribution in [0.5, 0.6) is 0 Å². The van der Waals surface area contributed by atoms with Gasteiger partial charge in [0.2, 0.25) is 11.8 Å². The zero-order valence-corrected chi connectivity index (χ0v) is 13.5. The zero-order valence-electron chi connectivity index (χ0n) is 13.5. The van der Waals surface area contributed by atoms with Gasteiger partial charge in [-0.2, -0.15) is 0 Å². The number of nitrogens with zero attached hydrogens (tertiary/aromatic N) is 1. The number of piperazine rings is 1. The van der Waals surface area contributed by atoms with Crippen LogP contribution in [0.25, 0.3) is 0 Å². The summed E-state index contributed by atoms with van der Waals surface area (Å²) in [7, 11) is 0. The number of carbonyl (C=O) groups excluding carboxylic acids is 2. The van der Waals surface area contributed by atoms with Crippen LogP contribution in [0.4, 0.5) is 0 Å². The fourth-order valence-electron chi connectivity index (χ4n) is 2.84. The predicted octanol–water partition coefficient (Wildman–Crippen LogP) is 2.18. The van der Waals surface area contributed by atoms with Gasteiger partial charge in [-0.1, -0.05) is 44.5 Å². The Morgan fingerprint density at radius 3 is 2.52 bits per heavy atom. The van der Waals surface area contributed by atoms with Crippen LogP contribution < -0.4 is 5.32 Å². The minimum absolute atomic E-state index is 0.0181. The number of nitrogens with one attached hydrogen (secondary N) is 1. The standard InChI is InChI=1S/C17H24N2O2/c1-11-6-7-12(2)13(8-11)10-19-14(20)9-18-16(21)15(19)17(3,4)5/h6-8,15H,9-10H2,1-5H3,(H,18,21). The lowest BCUT2D eigenvalue weighted by atomic mass is 9.83. The first-order chi connectivity index (χ1) is 9.70. The topological polar surface area (TPSA) is 49.4 Å². The number of carbonyl (C=O) groups is 2. The summed E-state index contributed by atoms with van der Waals surface area (Å²) in [6, 6.07) is 5.78. The predicted molar refractivity (Wildman–Crippen MR) is 82.7 cm³/mol. The molecule has 1 unspecified atom stereocenters. The maximum Gasteiger partial charge on any atom is 0.243 e. The summed E-state index contributed by atoms with van der Waals surface area (Å²) in [6.45, 7) is 10.6. The number of rotatable bonds is 2. The lowest BCUT2D eigenvalue weighted by Crippen LogP contribution is -2.62. The van der Waals surface area contributed by atoms with Crippen molar-refractivity contribution in [2.45, 2.75) is 47.2 Å². The summed E-state index contributed by atoms with van der Waals surface area (Å²) in [5.41, 5.74) is 3.12. The molecule has 1 fully saturated rings. The summed E-state index contributed by atoms with van der Waals surface area (Å²) in [5, 5.41) is 2.70. The van der Waals surface area contributed by atoms with Crippen molar-refractivity contribution in [1.29, 1.82) is 0 Å². The average molecular weight is 288 g/mol. The van der Waals surface area contributed by atoms with Crippen molar-refractivity contribution in [1.82, 2.24) is 10.2 Å².